The fourth-order valence-electron chi connectivity index (χ4n) is 4.99. The zero-order chi connectivity index (χ0) is 27.1. The highest BCUT2D eigenvalue weighted by atomic mass is 16.5. The topological polar surface area (TPSA) is 109 Å². The normalized spacial score (nSPS) is 18.8. The Morgan fingerprint density at radius 3 is 2.76 bits per heavy atom. The van der Waals surface area contributed by atoms with Gasteiger partial charge >= 0.3 is 5.97 Å². The molecule has 0 bridgehead atoms. The predicted octanol–water partition coefficient (Wildman–Crippen LogP) is 3.28. The lowest BCUT2D eigenvalue weighted by atomic mass is 9.78. The summed E-state index contributed by atoms with van der Waals surface area (Å²) >= 11 is 0. The molecular weight excluding hydrogens is 486 g/mol. The zero-order valence-electron chi connectivity index (χ0n) is 22.2. The molecule has 2 aromatic rings. The molecular formula is C29H37N3O6. The first-order valence-electron chi connectivity index (χ1n) is 13.0. The van der Waals surface area contributed by atoms with E-state index in [1.54, 1.807) is 20.4 Å². The number of hydrogen-bond donors (Lipinski definition) is 3. The van der Waals surface area contributed by atoms with Crippen LogP contribution in [-0.2, 0) is 22.6 Å². The number of carbonyl (C=O) groups is 2. The lowest BCUT2D eigenvalue weighted by molar-refractivity contribution is -0.147. The summed E-state index contributed by atoms with van der Waals surface area (Å²) in [7, 11) is 3.33. The maximum atomic E-state index is 11.7. The molecule has 204 valence electrons. The molecule has 1 fully saturated rings. The van der Waals surface area contributed by atoms with Crippen LogP contribution in [0.25, 0.3) is 0 Å². The van der Waals surface area contributed by atoms with E-state index in [-0.39, 0.29) is 23.9 Å². The van der Waals surface area contributed by atoms with E-state index in [1.807, 2.05) is 24.3 Å². The molecule has 9 heteroatoms. The summed E-state index contributed by atoms with van der Waals surface area (Å²) < 4.78 is 17.1. The smallest absolute Gasteiger partial charge is 0.306 e. The van der Waals surface area contributed by atoms with Gasteiger partial charge in [0.25, 0.3) is 0 Å². The van der Waals surface area contributed by atoms with E-state index < -0.39 is 5.97 Å². The fourth-order valence-corrected chi connectivity index (χ4v) is 4.99. The molecule has 2 aliphatic rings. The van der Waals surface area contributed by atoms with Crippen molar-refractivity contribution in [2.24, 2.45) is 5.92 Å². The minimum absolute atomic E-state index is 0.100. The van der Waals surface area contributed by atoms with Crippen LogP contribution in [-0.4, -0.2) is 61.8 Å². The van der Waals surface area contributed by atoms with Crippen molar-refractivity contribution >= 4 is 11.9 Å². The first-order valence-corrected chi connectivity index (χ1v) is 13.0. The quantitative estimate of drug-likeness (QED) is 0.271. The molecule has 0 spiro atoms. The summed E-state index contributed by atoms with van der Waals surface area (Å²) in [5.74, 6) is 0.962. The van der Waals surface area contributed by atoms with Gasteiger partial charge < -0.3 is 30.0 Å². The fraction of sp³-hybridized carbons (Fsp3) is 0.448. The molecule has 1 atom stereocenters. The first kappa shape index (κ1) is 27.3. The molecule has 1 amide bonds. The van der Waals surface area contributed by atoms with Crippen LogP contribution in [0.5, 0.6) is 17.2 Å². The third kappa shape index (κ3) is 6.58. The van der Waals surface area contributed by atoms with Crippen LogP contribution in [0.1, 0.15) is 42.5 Å². The highest BCUT2D eigenvalue weighted by molar-refractivity contribution is 5.87. The largest absolute Gasteiger partial charge is 0.493 e. The van der Waals surface area contributed by atoms with Gasteiger partial charge in [0.2, 0.25) is 5.91 Å². The average molecular weight is 524 g/mol. The van der Waals surface area contributed by atoms with E-state index in [4.69, 9.17) is 14.2 Å². The number of rotatable bonds is 13. The van der Waals surface area contributed by atoms with Crippen molar-refractivity contribution in [1.82, 2.24) is 15.5 Å². The molecule has 1 aliphatic carbocycles. The summed E-state index contributed by atoms with van der Waals surface area (Å²) in [6.07, 6.45) is 5.17. The molecule has 0 radical (unpaired) electrons. The molecule has 0 aromatic heterocycles. The third-order valence-electron chi connectivity index (χ3n) is 7.28. The number of ether oxygens (including phenoxy) is 3. The number of nitrogens with zero attached hydrogens (tertiary/aromatic N) is 1. The Labute approximate surface area is 223 Å². The number of carbonyl (C=O) groups excluding carboxylic acids is 1. The number of carboxylic acids is 1. The van der Waals surface area contributed by atoms with E-state index in [0.29, 0.717) is 50.6 Å². The summed E-state index contributed by atoms with van der Waals surface area (Å²) in [6.45, 7) is 4.21. The SMILES string of the molecule is CN/C=C\C(=O)NCCOc1ccc(CN(C(C)c2ccc3c(c2)CCO3)[C@H]2C[C@@H](C(=O)O)C2)cc1OC. The summed E-state index contributed by atoms with van der Waals surface area (Å²) in [4.78, 5) is 25.6. The van der Waals surface area contributed by atoms with Crippen molar-refractivity contribution in [1.29, 1.82) is 0 Å². The van der Waals surface area contributed by atoms with Crippen molar-refractivity contribution in [2.45, 2.75) is 44.8 Å². The van der Waals surface area contributed by atoms with Crippen molar-refractivity contribution in [3.63, 3.8) is 0 Å². The Balaban J connectivity index is 1.44. The summed E-state index contributed by atoms with van der Waals surface area (Å²) in [5.41, 5.74) is 3.48. The molecule has 38 heavy (non-hydrogen) atoms. The first-order chi connectivity index (χ1) is 18.4. The van der Waals surface area contributed by atoms with Crippen LogP contribution in [0.2, 0.25) is 0 Å². The Bertz CT molecular complexity index is 1160. The Morgan fingerprint density at radius 2 is 2.03 bits per heavy atom. The van der Waals surface area contributed by atoms with Gasteiger partial charge in [-0.25, -0.2) is 0 Å². The lowest BCUT2D eigenvalue weighted by Crippen LogP contribution is -2.47. The molecule has 9 nitrogen and oxygen atoms in total. The molecule has 1 heterocycles. The van der Waals surface area contributed by atoms with Crippen LogP contribution in [0.15, 0.2) is 48.7 Å². The zero-order valence-corrected chi connectivity index (χ0v) is 22.2. The van der Waals surface area contributed by atoms with Gasteiger partial charge in [-0.2, -0.15) is 0 Å². The third-order valence-corrected chi connectivity index (χ3v) is 7.28. The molecule has 2 aromatic carbocycles. The predicted molar refractivity (Wildman–Crippen MR) is 143 cm³/mol. The van der Waals surface area contributed by atoms with Gasteiger partial charge in [-0.15, -0.1) is 0 Å². The van der Waals surface area contributed by atoms with Crippen LogP contribution in [0.3, 0.4) is 0 Å². The van der Waals surface area contributed by atoms with Crippen LogP contribution < -0.4 is 24.8 Å². The molecule has 1 unspecified atom stereocenters. The van der Waals surface area contributed by atoms with E-state index in [0.717, 1.165) is 17.7 Å². The highest BCUT2D eigenvalue weighted by Gasteiger charge is 2.40. The summed E-state index contributed by atoms with van der Waals surface area (Å²) in [6, 6.07) is 12.5. The van der Waals surface area contributed by atoms with Gasteiger partial charge in [0, 0.05) is 44.4 Å². The van der Waals surface area contributed by atoms with Gasteiger partial charge in [-0.05, 0) is 54.7 Å². The van der Waals surface area contributed by atoms with Crippen molar-refractivity contribution in [2.75, 3.05) is 33.9 Å². The molecule has 3 N–H and O–H groups in total. The Kier molecular flexibility index (Phi) is 9.12. The van der Waals surface area contributed by atoms with E-state index >= 15 is 0 Å². The van der Waals surface area contributed by atoms with Crippen molar-refractivity contribution in [3.05, 3.63) is 65.4 Å². The number of hydrogen-bond acceptors (Lipinski definition) is 7. The number of fused-ring (bicyclic) bond motifs is 1. The van der Waals surface area contributed by atoms with Gasteiger partial charge in [-0.1, -0.05) is 18.2 Å². The van der Waals surface area contributed by atoms with Crippen molar-refractivity contribution < 1.29 is 28.9 Å². The average Bonchev–Trinajstić information content (AvgIpc) is 3.36. The van der Waals surface area contributed by atoms with Crippen LogP contribution >= 0.6 is 0 Å². The van der Waals surface area contributed by atoms with Gasteiger partial charge in [0.05, 0.1) is 26.2 Å². The van der Waals surface area contributed by atoms with Crippen LogP contribution in [0, 0.1) is 5.92 Å². The van der Waals surface area contributed by atoms with E-state index in [2.05, 4.69) is 34.6 Å². The van der Waals surface area contributed by atoms with Gasteiger partial charge in [0.15, 0.2) is 11.5 Å². The maximum absolute atomic E-state index is 11.7. The second kappa shape index (κ2) is 12.7. The van der Waals surface area contributed by atoms with E-state index in [9.17, 15) is 14.7 Å². The second-order valence-electron chi connectivity index (χ2n) is 9.72. The summed E-state index contributed by atoms with van der Waals surface area (Å²) in [5, 5.41) is 15.0. The molecule has 1 saturated carbocycles. The number of carboxylic acid groups (broad SMARTS) is 1. The number of aliphatic carboxylic acids is 1. The maximum Gasteiger partial charge on any atom is 0.306 e. The second-order valence-corrected chi connectivity index (χ2v) is 9.72. The van der Waals surface area contributed by atoms with Crippen LogP contribution in [0.4, 0.5) is 0 Å². The molecule has 0 saturated heterocycles. The number of nitrogens with one attached hydrogen (secondary N) is 2. The number of methoxy groups -OCH3 is 1. The highest BCUT2D eigenvalue weighted by Crippen LogP contribution is 2.39. The number of amides is 1. The van der Waals surface area contributed by atoms with Gasteiger partial charge in [-0.3, -0.25) is 14.5 Å². The number of benzene rings is 2. The van der Waals surface area contributed by atoms with Crippen molar-refractivity contribution in [3.8, 4) is 17.2 Å². The minimum Gasteiger partial charge on any atom is -0.493 e. The Morgan fingerprint density at radius 1 is 1.21 bits per heavy atom. The lowest BCUT2D eigenvalue weighted by Gasteiger charge is -2.44. The Hall–Kier alpha value is -3.72. The standard InChI is InChI=1S/C29H37N3O6/c1-19(21-5-7-25-22(15-21)9-12-37-25)32(24-16-23(17-24)29(34)35)18-20-4-6-26(27(14-20)36-3)38-13-11-31-28(33)8-10-30-2/h4-8,10,14-15,19,23-24,30H,9,11-13,16-18H2,1-3H3,(H,31,33)(H,34,35)/b10-8-/t19?,23-,24+. The minimum atomic E-state index is -0.721. The van der Waals surface area contributed by atoms with E-state index in [1.165, 1.54) is 17.2 Å². The molecule has 1 aliphatic heterocycles. The monoisotopic (exact) mass is 523 g/mol. The molecule has 4 rings (SSSR count). The van der Waals surface area contributed by atoms with Gasteiger partial charge in [0.1, 0.15) is 12.4 Å².